The Morgan fingerprint density at radius 3 is 2.73 bits per heavy atom. The average Bonchev–Trinajstić information content (AvgIpc) is 2.95. The zero-order chi connectivity index (χ0) is 23.4. The van der Waals surface area contributed by atoms with Crippen molar-refractivity contribution in [3.63, 3.8) is 0 Å². The second kappa shape index (κ2) is 8.09. The zero-order valence-corrected chi connectivity index (χ0v) is 18.6. The lowest BCUT2D eigenvalue weighted by molar-refractivity contribution is -0.136. The van der Waals surface area contributed by atoms with Crippen molar-refractivity contribution in [3.8, 4) is 0 Å². The summed E-state index contributed by atoms with van der Waals surface area (Å²) < 4.78 is 30.0. The highest BCUT2D eigenvalue weighted by Crippen LogP contribution is 2.47. The van der Waals surface area contributed by atoms with Crippen LogP contribution in [0.1, 0.15) is 50.2 Å². The summed E-state index contributed by atoms with van der Waals surface area (Å²) in [6, 6.07) is 4.27. The number of hydrogen-bond acceptors (Lipinski definition) is 5. The van der Waals surface area contributed by atoms with Crippen LogP contribution in [0.25, 0.3) is 0 Å². The monoisotopic (exact) mass is 455 g/mol. The maximum absolute atomic E-state index is 15.0. The van der Waals surface area contributed by atoms with E-state index in [1.807, 2.05) is 19.9 Å². The molecule has 33 heavy (non-hydrogen) atoms. The van der Waals surface area contributed by atoms with Gasteiger partial charge in [-0.3, -0.25) is 9.80 Å². The van der Waals surface area contributed by atoms with Gasteiger partial charge in [0.1, 0.15) is 17.7 Å². The van der Waals surface area contributed by atoms with E-state index in [2.05, 4.69) is 5.10 Å². The lowest BCUT2D eigenvalue weighted by Gasteiger charge is -2.47. The Hall–Kier alpha value is -3.00. The standard InChI is InChI=1S/C25H27F2N3O3/c1-13(2)29-12-20(30-23(25(29)33)24(32)21(31)11-28-30)22-16-5-3-7-18(26)14(16)9-10-15-17(22)6-4-8-19(15)27/h3,5,7-8,11,13,20-22,31-32H,4,6,9-10,12H2,1-2H3. The highest BCUT2D eigenvalue weighted by Gasteiger charge is 2.47. The number of hydrogen-bond donors (Lipinski definition) is 2. The largest absolute Gasteiger partial charge is 0.507 e. The first-order valence-electron chi connectivity index (χ1n) is 11.4. The smallest absolute Gasteiger partial charge is 0.276 e. The minimum absolute atomic E-state index is 0.0777. The fourth-order valence-corrected chi connectivity index (χ4v) is 5.58. The van der Waals surface area contributed by atoms with E-state index in [1.54, 1.807) is 17.0 Å². The number of allylic oxidation sites excluding steroid dienone is 3. The molecule has 174 valence electrons. The highest BCUT2D eigenvalue weighted by atomic mass is 19.1. The minimum Gasteiger partial charge on any atom is -0.507 e. The maximum Gasteiger partial charge on any atom is 0.276 e. The first-order valence-corrected chi connectivity index (χ1v) is 11.4. The third-order valence-corrected chi connectivity index (χ3v) is 7.16. The molecule has 1 saturated heterocycles. The molecule has 8 heteroatoms. The van der Waals surface area contributed by atoms with Crippen LogP contribution < -0.4 is 0 Å². The summed E-state index contributed by atoms with van der Waals surface area (Å²) in [6.45, 7) is 4.02. The van der Waals surface area contributed by atoms with Crippen molar-refractivity contribution in [1.29, 1.82) is 0 Å². The summed E-state index contributed by atoms with van der Waals surface area (Å²) in [6.07, 6.45) is 3.34. The topological polar surface area (TPSA) is 76.4 Å². The Labute approximate surface area is 191 Å². The lowest BCUT2D eigenvalue weighted by atomic mass is 9.77. The third-order valence-electron chi connectivity index (χ3n) is 7.16. The molecular formula is C25H27F2N3O3. The summed E-state index contributed by atoms with van der Waals surface area (Å²) in [5.41, 5.74) is 2.73. The van der Waals surface area contributed by atoms with Crippen molar-refractivity contribution in [2.45, 2.75) is 63.6 Å². The summed E-state index contributed by atoms with van der Waals surface area (Å²) in [7, 11) is 0. The highest BCUT2D eigenvalue weighted by molar-refractivity contribution is 5.96. The van der Waals surface area contributed by atoms with Crippen molar-refractivity contribution >= 4 is 12.1 Å². The number of piperazine rings is 1. The molecule has 4 aliphatic rings. The van der Waals surface area contributed by atoms with Gasteiger partial charge in [-0.05, 0) is 68.4 Å². The molecule has 0 aromatic heterocycles. The molecule has 1 fully saturated rings. The van der Waals surface area contributed by atoms with Gasteiger partial charge in [0.05, 0.1) is 12.3 Å². The fourth-order valence-electron chi connectivity index (χ4n) is 5.58. The van der Waals surface area contributed by atoms with Crippen LogP contribution in [0.3, 0.4) is 0 Å². The number of nitrogens with zero attached hydrogens (tertiary/aromatic N) is 3. The van der Waals surface area contributed by atoms with Crippen molar-refractivity contribution in [2.24, 2.45) is 5.10 Å². The Bertz CT molecular complexity index is 1140. The molecular weight excluding hydrogens is 428 g/mol. The molecule has 1 aromatic carbocycles. The molecule has 0 bridgehead atoms. The SMILES string of the molecule is CC(C)N1CC(C2C3=C(CCc4c(F)cccc42)C(F)=CCC3)N2N=CC(O)C(O)=C2C1=O. The predicted octanol–water partition coefficient (Wildman–Crippen LogP) is 3.85. The van der Waals surface area contributed by atoms with Crippen LogP contribution in [0.2, 0.25) is 0 Å². The first kappa shape index (κ1) is 21.8. The van der Waals surface area contributed by atoms with Gasteiger partial charge in [-0.1, -0.05) is 17.7 Å². The molecule has 1 amide bonds. The van der Waals surface area contributed by atoms with Crippen LogP contribution in [0.4, 0.5) is 8.78 Å². The fraction of sp³-hybridized carbons (Fsp3) is 0.440. The molecule has 2 aliphatic carbocycles. The summed E-state index contributed by atoms with van der Waals surface area (Å²) in [5, 5.41) is 26.6. The van der Waals surface area contributed by atoms with Gasteiger partial charge in [0, 0.05) is 18.5 Å². The van der Waals surface area contributed by atoms with Crippen LogP contribution in [0.15, 0.2) is 57.8 Å². The Morgan fingerprint density at radius 2 is 1.97 bits per heavy atom. The average molecular weight is 456 g/mol. The quantitative estimate of drug-likeness (QED) is 0.710. The van der Waals surface area contributed by atoms with E-state index in [-0.39, 0.29) is 29.9 Å². The number of carbonyl (C=O) groups excluding carboxylic acids is 1. The van der Waals surface area contributed by atoms with Gasteiger partial charge in [0.2, 0.25) is 0 Å². The van der Waals surface area contributed by atoms with Crippen LogP contribution in [0, 0.1) is 5.82 Å². The van der Waals surface area contributed by atoms with Gasteiger partial charge in [-0.15, -0.1) is 0 Å². The number of benzene rings is 1. The number of amides is 1. The van der Waals surface area contributed by atoms with E-state index < -0.39 is 29.7 Å². The molecule has 0 spiro atoms. The van der Waals surface area contributed by atoms with E-state index in [9.17, 15) is 23.8 Å². The van der Waals surface area contributed by atoms with Gasteiger partial charge in [-0.2, -0.15) is 5.10 Å². The second-order valence-corrected chi connectivity index (χ2v) is 9.29. The van der Waals surface area contributed by atoms with Crippen LogP contribution in [-0.2, 0) is 11.2 Å². The Balaban J connectivity index is 1.73. The number of fused-ring (bicyclic) bond motifs is 2. The van der Waals surface area contributed by atoms with Gasteiger partial charge < -0.3 is 15.1 Å². The molecule has 2 heterocycles. The molecule has 0 radical (unpaired) electrons. The van der Waals surface area contributed by atoms with E-state index in [0.29, 0.717) is 36.8 Å². The Morgan fingerprint density at radius 1 is 1.18 bits per heavy atom. The van der Waals surface area contributed by atoms with Gasteiger partial charge in [-0.25, -0.2) is 8.78 Å². The number of aliphatic hydroxyl groups excluding tert-OH is 2. The number of halogens is 2. The molecule has 3 atom stereocenters. The molecule has 5 rings (SSSR count). The van der Waals surface area contributed by atoms with Gasteiger partial charge >= 0.3 is 0 Å². The maximum atomic E-state index is 15.0. The first-order chi connectivity index (χ1) is 15.8. The van der Waals surface area contributed by atoms with Gasteiger partial charge in [0.15, 0.2) is 11.5 Å². The third kappa shape index (κ3) is 3.39. The number of aliphatic hydroxyl groups is 2. The molecule has 2 aliphatic heterocycles. The zero-order valence-electron chi connectivity index (χ0n) is 18.6. The van der Waals surface area contributed by atoms with Crippen molar-refractivity contribution in [3.05, 3.63) is 69.6 Å². The van der Waals surface area contributed by atoms with E-state index in [1.165, 1.54) is 17.3 Å². The molecule has 6 nitrogen and oxygen atoms in total. The summed E-state index contributed by atoms with van der Waals surface area (Å²) in [4.78, 5) is 14.9. The van der Waals surface area contributed by atoms with Crippen molar-refractivity contribution in [1.82, 2.24) is 9.91 Å². The number of rotatable bonds is 2. The molecule has 1 aromatic rings. The molecule has 2 N–H and O–H groups in total. The summed E-state index contributed by atoms with van der Waals surface area (Å²) >= 11 is 0. The van der Waals surface area contributed by atoms with Gasteiger partial charge in [0.25, 0.3) is 5.91 Å². The number of hydrazone groups is 1. The lowest BCUT2D eigenvalue weighted by Crippen LogP contribution is -2.58. The van der Waals surface area contributed by atoms with E-state index in [4.69, 9.17) is 0 Å². The normalized spacial score (nSPS) is 27.4. The molecule has 0 saturated carbocycles. The van der Waals surface area contributed by atoms with E-state index in [0.717, 1.165) is 11.1 Å². The van der Waals surface area contributed by atoms with Crippen LogP contribution in [0.5, 0.6) is 0 Å². The Kier molecular flexibility index (Phi) is 5.35. The van der Waals surface area contributed by atoms with Crippen LogP contribution in [-0.4, -0.2) is 57.0 Å². The van der Waals surface area contributed by atoms with Crippen molar-refractivity contribution in [2.75, 3.05) is 6.54 Å². The second-order valence-electron chi connectivity index (χ2n) is 9.29. The van der Waals surface area contributed by atoms with E-state index >= 15 is 0 Å². The van der Waals surface area contributed by atoms with Crippen LogP contribution >= 0.6 is 0 Å². The predicted molar refractivity (Wildman–Crippen MR) is 120 cm³/mol. The van der Waals surface area contributed by atoms with Crippen molar-refractivity contribution < 1.29 is 23.8 Å². The number of carbonyl (C=O) groups is 1. The minimum atomic E-state index is -1.38. The summed E-state index contributed by atoms with van der Waals surface area (Å²) in [5.74, 6) is -1.91. The molecule has 3 unspecified atom stereocenters.